The number of carbonyl (C=O) groups is 13. The van der Waals surface area contributed by atoms with Crippen LogP contribution in [-0.4, -0.2) is 152 Å². The lowest BCUT2D eigenvalue weighted by atomic mass is 10.00. The first-order chi connectivity index (χ1) is 37.9. The lowest BCUT2D eigenvalue weighted by Gasteiger charge is -2.28. The number of hydrogen-bond donors (Lipinski definition) is 17. The van der Waals surface area contributed by atoms with Gasteiger partial charge in [-0.1, -0.05) is 52.0 Å². The molecule has 0 unspecified atom stereocenters. The second kappa shape index (κ2) is 33.8. The molecule has 0 spiro atoms. The molecule has 81 heavy (non-hydrogen) atoms. The van der Waals surface area contributed by atoms with E-state index in [2.05, 4.69) is 55.2 Å². The second-order valence-corrected chi connectivity index (χ2v) is 20.3. The Hall–Kier alpha value is -8.54. The van der Waals surface area contributed by atoms with Crippen LogP contribution in [0.5, 0.6) is 11.5 Å². The molecule has 29 nitrogen and oxygen atoms in total. The molecule has 0 saturated heterocycles. The van der Waals surface area contributed by atoms with Crippen LogP contribution in [0.1, 0.15) is 90.2 Å². The maximum Gasteiger partial charge on any atom is 0.326 e. The van der Waals surface area contributed by atoms with Crippen LogP contribution < -0.4 is 71.2 Å². The van der Waals surface area contributed by atoms with E-state index in [1.807, 2.05) is 13.8 Å². The zero-order chi connectivity index (χ0) is 61.3. The van der Waals surface area contributed by atoms with Crippen LogP contribution in [-0.2, 0) is 75.2 Å². The van der Waals surface area contributed by atoms with Crippen molar-refractivity contribution in [1.29, 1.82) is 0 Å². The Balaban J connectivity index is 2.51. The van der Waals surface area contributed by atoms with Gasteiger partial charge in [0.2, 0.25) is 70.9 Å². The van der Waals surface area contributed by atoms with Crippen LogP contribution in [0.25, 0.3) is 0 Å². The standard InChI is InChI=1S/C51H75N13O16S/c1-24(2)17-30(52)43(71)59-34(19-26-5-9-28(65)10-6-26)47(75)58-31(13-15-39(53)67)44(72)60-33(18-25(3)4)46(74)57-32(14-16-40(54)68)45(73)62-36(21-41(55)69)49(77)61-35(20-27-7-11-29(66)12-8-27)48(76)64-38(23-81)50(78)63-37(51(79)80)22-42(56)70/h5-12,24-25,30-38,65-66,81H,13-23,52H2,1-4H3,(H2,53,67)(H2,54,68)(H2,55,69)(H2,56,70)(H,57,74)(H,58,75)(H,59,71)(H,60,72)(H,61,77)(H,62,73)(H,63,78)(H,64,76)(H,79,80)/t30-,31-,32-,33-,34-,35-,36-,37-,38-/m0/s1. The quantitative estimate of drug-likeness (QED) is 0.0286. The van der Waals surface area contributed by atoms with Gasteiger partial charge in [-0.3, -0.25) is 57.5 Å². The number of amides is 12. The first kappa shape index (κ1) is 68.6. The molecule has 0 heterocycles. The average molecular weight is 1160 g/mol. The fourth-order valence-corrected chi connectivity index (χ4v) is 8.03. The SMILES string of the molecule is CC(C)C[C@H](NC(=O)[C@H](CCC(N)=O)NC(=O)[C@H](Cc1ccc(O)cc1)NC(=O)[C@@H](N)CC(C)C)C(=O)N[C@@H](CCC(N)=O)C(=O)N[C@@H](CC(N)=O)C(=O)N[C@@H](Cc1ccc(O)cc1)C(=O)N[C@@H](CS)C(=O)N[C@@H](CC(N)=O)C(=O)O. The van der Waals surface area contributed by atoms with Crippen LogP contribution in [0.2, 0.25) is 0 Å². The van der Waals surface area contributed by atoms with Gasteiger partial charge in [0.25, 0.3) is 0 Å². The van der Waals surface area contributed by atoms with Crippen LogP contribution >= 0.6 is 12.6 Å². The van der Waals surface area contributed by atoms with Gasteiger partial charge in [-0.25, -0.2) is 4.79 Å². The first-order valence-electron chi connectivity index (χ1n) is 25.6. The summed E-state index contributed by atoms with van der Waals surface area (Å²) in [5.74, 6) is -15.1. The fraction of sp³-hybridized carbons (Fsp3) is 0.510. The van der Waals surface area contributed by atoms with E-state index >= 15 is 0 Å². The second-order valence-electron chi connectivity index (χ2n) is 20.0. The number of nitrogens with two attached hydrogens (primary N) is 5. The summed E-state index contributed by atoms with van der Waals surface area (Å²) >= 11 is 4.07. The van der Waals surface area contributed by atoms with Crippen molar-refractivity contribution >= 4 is 89.5 Å². The number of carboxylic acid groups (broad SMARTS) is 1. The Morgan fingerprint density at radius 3 is 1.11 bits per heavy atom. The van der Waals surface area contributed by atoms with Crippen molar-refractivity contribution in [3.05, 3.63) is 59.7 Å². The van der Waals surface area contributed by atoms with Gasteiger partial charge < -0.3 is 86.5 Å². The molecule has 2 aromatic carbocycles. The molecule has 0 fully saturated rings. The molecular formula is C51H75N13O16S. The molecule has 0 aliphatic rings. The molecule has 0 aliphatic carbocycles. The lowest BCUT2D eigenvalue weighted by Crippen LogP contribution is -2.61. The fourth-order valence-electron chi connectivity index (χ4n) is 7.77. The molecule has 0 radical (unpaired) electrons. The predicted molar refractivity (Wildman–Crippen MR) is 292 cm³/mol. The number of aliphatic carboxylic acids is 1. The van der Waals surface area contributed by atoms with Gasteiger partial charge in [0, 0.05) is 31.4 Å². The predicted octanol–water partition coefficient (Wildman–Crippen LogP) is -4.52. The molecule has 2 aromatic rings. The highest BCUT2D eigenvalue weighted by Crippen LogP contribution is 2.16. The molecule has 446 valence electrons. The maximum atomic E-state index is 14.2. The van der Waals surface area contributed by atoms with Crippen LogP contribution in [0.4, 0.5) is 0 Å². The van der Waals surface area contributed by atoms with Gasteiger partial charge in [-0.15, -0.1) is 0 Å². The molecule has 0 aromatic heterocycles. The van der Waals surface area contributed by atoms with Crippen molar-refractivity contribution in [2.45, 2.75) is 146 Å². The zero-order valence-electron chi connectivity index (χ0n) is 45.2. The largest absolute Gasteiger partial charge is 0.508 e. The Kier molecular flexibility index (Phi) is 28.6. The maximum absolute atomic E-state index is 14.2. The number of carboxylic acids is 1. The number of carbonyl (C=O) groups excluding carboxylic acids is 12. The number of rotatable bonds is 36. The summed E-state index contributed by atoms with van der Waals surface area (Å²) in [7, 11) is 0. The average Bonchev–Trinajstić information content (AvgIpc) is 3.36. The van der Waals surface area contributed by atoms with Crippen molar-refractivity contribution in [3.8, 4) is 11.5 Å². The van der Waals surface area contributed by atoms with Crippen molar-refractivity contribution in [3.63, 3.8) is 0 Å². The van der Waals surface area contributed by atoms with Crippen LogP contribution in [0.15, 0.2) is 48.5 Å². The third-order valence-corrected chi connectivity index (χ3v) is 12.3. The molecule has 0 saturated carbocycles. The van der Waals surface area contributed by atoms with Crippen molar-refractivity contribution < 1.29 is 77.6 Å². The van der Waals surface area contributed by atoms with Gasteiger partial charge in [0.05, 0.1) is 18.9 Å². The highest BCUT2D eigenvalue weighted by molar-refractivity contribution is 7.80. The molecule has 12 amide bonds. The van der Waals surface area contributed by atoms with Crippen LogP contribution in [0.3, 0.4) is 0 Å². The number of nitrogens with one attached hydrogen (secondary N) is 8. The van der Waals surface area contributed by atoms with Crippen molar-refractivity contribution in [2.24, 2.45) is 40.5 Å². The Bertz CT molecular complexity index is 2570. The number of thiol groups is 1. The van der Waals surface area contributed by atoms with Gasteiger partial charge in [-0.05, 0) is 72.9 Å². The molecule has 0 aliphatic heterocycles. The first-order valence-corrected chi connectivity index (χ1v) is 26.2. The van der Waals surface area contributed by atoms with Crippen molar-refractivity contribution in [2.75, 3.05) is 5.75 Å². The van der Waals surface area contributed by atoms with E-state index in [4.69, 9.17) is 28.7 Å². The van der Waals surface area contributed by atoms with E-state index in [-0.39, 0.29) is 49.0 Å². The molecular weight excluding hydrogens is 1080 g/mol. The van der Waals surface area contributed by atoms with E-state index in [1.54, 1.807) is 13.8 Å². The number of benzene rings is 2. The summed E-state index contributed by atoms with van der Waals surface area (Å²) in [5, 5.41) is 48.3. The number of aromatic hydroxyl groups is 2. The van der Waals surface area contributed by atoms with Crippen molar-refractivity contribution in [1.82, 2.24) is 42.5 Å². The van der Waals surface area contributed by atoms with Gasteiger partial charge in [0.1, 0.15) is 59.8 Å². The summed E-state index contributed by atoms with van der Waals surface area (Å²) < 4.78 is 0. The summed E-state index contributed by atoms with van der Waals surface area (Å²) in [6, 6.07) is -3.32. The Morgan fingerprint density at radius 2 is 0.728 bits per heavy atom. The van der Waals surface area contributed by atoms with Gasteiger partial charge in [0.15, 0.2) is 0 Å². The molecule has 2 rings (SSSR count). The smallest absolute Gasteiger partial charge is 0.326 e. The van der Waals surface area contributed by atoms with E-state index in [9.17, 15) is 77.6 Å². The van der Waals surface area contributed by atoms with Gasteiger partial charge >= 0.3 is 5.97 Å². The molecule has 30 heteroatoms. The Morgan fingerprint density at radius 1 is 0.420 bits per heavy atom. The Labute approximate surface area is 471 Å². The van der Waals surface area contributed by atoms with Gasteiger partial charge in [-0.2, -0.15) is 12.6 Å². The van der Waals surface area contributed by atoms with E-state index in [0.29, 0.717) is 11.1 Å². The minimum atomic E-state index is -1.93. The highest BCUT2D eigenvalue weighted by atomic mass is 32.1. The van der Waals surface area contributed by atoms with E-state index < -0.39 is 176 Å². The highest BCUT2D eigenvalue weighted by Gasteiger charge is 2.36. The molecule has 9 atom stereocenters. The zero-order valence-corrected chi connectivity index (χ0v) is 46.1. The third-order valence-electron chi connectivity index (χ3n) is 11.9. The number of hydrogen-bond acceptors (Lipinski definition) is 17. The number of phenols is 2. The number of phenolic OH excluding ortho intramolecular Hbond substituents is 2. The third kappa shape index (κ3) is 25.9. The van der Waals surface area contributed by atoms with E-state index in [0.717, 1.165) is 0 Å². The summed E-state index contributed by atoms with van der Waals surface area (Å²) in [6.07, 6.45) is -4.10. The number of primary amides is 4. The minimum absolute atomic E-state index is 0.00144. The molecule has 21 N–H and O–H groups in total. The molecule has 0 bridgehead atoms. The summed E-state index contributed by atoms with van der Waals surface area (Å²) in [4.78, 5) is 171. The lowest BCUT2D eigenvalue weighted by molar-refractivity contribution is -0.143. The normalized spacial score (nSPS) is 14.4. The minimum Gasteiger partial charge on any atom is -0.508 e. The monoisotopic (exact) mass is 1160 g/mol. The topological polar surface area (TPSA) is 509 Å². The summed E-state index contributed by atoms with van der Waals surface area (Å²) in [6.45, 7) is 7.02. The van der Waals surface area contributed by atoms with E-state index in [1.165, 1.54) is 48.5 Å². The summed E-state index contributed by atoms with van der Waals surface area (Å²) in [5.41, 5.74) is 28.3. The van der Waals surface area contributed by atoms with Crippen LogP contribution in [0, 0.1) is 11.8 Å².